The van der Waals surface area contributed by atoms with Crippen molar-refractivity contribution in [3.63, 3.8) is 0 Å². The smallest absolute Gasteiger partial charge is 0.269 e. The Kier molecular flexibility index (Phi) is 2.25. The average Bonchev–Trinajstić information content (AvgIpc) is 2.44. The Hall–Kier alpha value is -1.39. The average molecular weight is 206 g/mol. The number of rotatable bonds is 1. The van der Waals surface area contributed by atoms with Crippen molar-refractivity contribution in [1.29, 1.82) is 0 Å². The maximum absolute atomic E-state index is 11.7. The van der Waals surface area contributed by atoms with E-state index in [0.717, 1.165) is 10.6 Å². The number of hydroxylamine groups is 2. The first-order chi connectivity index (χ1) is 7.02. The van der Waals surface area contributed by atoms with Crippen molar-refractivity contribution in [2.45, 2.75) is 25.6 Å². The Morgan fingerprint density at radius 2 is 1.93 bits per heavy atom. The molecule has 4 nitrogen and oxygen atoms in total. The fourth-order valence-corrected chi connectivity index (χ4v) is 1.75. The van der Waals surface area contributed by atoms with Crippen molar-refractivity contribution >= 4 is 5.91 Å². The van der Waals surface area contributed by atoms with Crippen LogP contribution in [0.5, 0.6) is 0 Å². The van der Waals surface area contributed by atoms with Gasteiger partial charge in [0.2, 0.25) is 0 Å². The van der Waals surface area contributed by atoms with Crippen molar-refractivity contribution in [3.05, 3.63) is 35.9 Å². The van der Waals surface area contributed by atoms with Crippen LogP contribution in [0.2, 0.25) is 0 Å². The normalized spacial score (nSPS) is 24.6. The van der Waals surface area contributed by atoms with Gasteiger partial charge in [0, 0.05) is 0 Å². The van der Waals surface area contributed by atoms with E-state index in [4.69, 9.17) is 0 Å². The van der Waals surface area contributed by atoms with E-state index in [1.165, 1.54) is 0 Å². The van der Waals surface area contributed by atoms with E-state index < -0.39 is 11.7 Å². The van der Waals surface area contributed by atoms with Gasteiger partial charge in [0.25, 0.3) is 5.91 Å². The minimum Gasteiger partial charge on any atom is -0.284 e. The van der Waals surface area contributed by atoms with Crippen molar-refractivity contribution in [2.24, 2.45) is 0 Å². The van der Waals surface area contributed by atoms with Gasteiger partial charge < -0.3 is 0 Å². The van der Waals surface area contributed by atoms with E-state index in [1.807, 2.05) is 30.3 Å². The summed E-state index contributed by atoms with van der Waals surface area (Å²) in [5.74, 6) is -0.314. The third-order valence-electron chi connectivity index (χ3n) is 2.62. The Bertz CT molecular complexity index is 375. The second-order valence-electron chi connectivity index (χ2n) is 4.20. The van der Waals surface area contributed by atoms with Gasteiger partial charge >= 0.3 is 0 Å². The zero-order valence-corrected chi connectivity index (χ0v) is 8.77. The summed E-state index contributed by atoms with van der Waals surface area (Å²) in [4.78, 5) is 11.7. The van der Waals surface area contributed by atoms with Crippen LogP contribution in [0.3, 0.4) is 0 Å². The van der Waals surface area contributed by atoms with Crippen LogP contribution in [-0.2, 0) is 4.79 Å². The van der Waals surface area contributed by atoms with Crippen LogP contribution in [0, 0.1) is 0 Å². The lowest BCUT2D eigenvalue weighted by Gasteiger charge is -2.24. The standard InChI is InChI=1S/C11H14N2O2/c1-11(2)12-9(10(14)13(11)15)8-6-4-3-5-7-8/h3-7,9,12,15H,1-2H3. The van der Waals surface area contributed by atoms with E-state index in [0.29, 0.717) is 0 Å². The van der Waals surface area contributed by atoms with Crippen molar-refractivity contribution < 1.29 is 10.0 Å². The summed E-state index contributed by atoms with van der Waals surface area (Å²) in [6, 6.07) is 8.92. The third kappa shape index (κ3) is 1.62. The van der Waals surface area contributed by atoms with Crippen LogP contribution in [0.1, 0.15) is 25.5 Å². The molecule has 80 valence electrons. The number of benzene rings is 1. The van der Waals surface area contributed by atoms with Crippen molar-refractivity contribution in [2.75, 3.05) is 0 Å². The summed E-state index contributed by atoms with van der Waals surface area (Å²) in [6.07, 6.45) is 0. The van der Waals surface area contributed by atoms with Gasteiger partial charge in [-0.15, -0.1) is 0 Å². The first-order valence-electron chi connectivity index (χ1n) is 4.88. The molecular formula is C11H14N2O2. The van der Waals surface area contributed by atoms with Gasteiger partial charge in [0.1, 0.15) is 11.7 Å². The lowest BCUT2D eigenvalue weighted by atomic mass is 10.1. The van der Waals surface area contributed by atoms with Gasteiger partial charge in [0.05, 0.1) is 0 Å². The molecule has 0 spiro atoms. The predicted octanol–water partition coefficient (Wildman–Crippen LogP) is 1.28. The fourth-order valence-electron chi connectivity index (χ4n) is 1.75. The number of amides is 1. The highest BCUT2D eigenvalue weighted by Gasteiger charge is 2.44. The largest absolute Gasteiger partial charge is 0.284 e. The number of hydrogen-bond donors (Lipinski definition) is 2. The molecule has 15 heavy (non-hydrogen) atoms. The molecule has 1 amide bonds. The molecule has 2 N–H and O–H groups in total. The van der Waals surface area contributed by atoms with Gasteiger partial charge in [0.15, 0.2) is 0 Å². The monoisotopic (exact) mass is 206 g/mol. The quantitative estimate of drug-likeness (QED) is 0.681. The molecule has 1 aliphatic heterocycles. The van der Waals surface area contributed by atoms with E-state index >= 15 is 0 Å². The maximum Gasteiger partial charge on any atom is 0.269 e. The number of carbonyl (C=O) groups is 1. The molecular weight excluding hydrogens is 192 g/mol. The highest BCUT2D eigenvalue weighted by molar-refractivity contribution is 5.85. The molecule has 1 atom stereocenters. The molecule has 1 unspecified atom stereocenters. The first kappa shape index (κ1) is 10.1. The predicted molar refractivity (Wildman–Crippen MR) is 55.0 cm³/mol. The summed E-state index contributed by atoms with van der Waals surface area (Å²) in [5.41, 5.74) is 0.157. The minimum atomic E-state index is -0.711. The number of nitrogens with zero attached hydrogens (tertiary/aromatic N) is 1. The molecule has 4 heteroatoms. The lowest BCUT2D eigenvalue weighted by Crippen LogP contribution is -2.44. The molecule has 0 aliphatic carbocycles. The molecule has 0 aromatic heterocycles. The van der Waals surface area contributed by atoms with Gasteiger partial charge in [-0.25, -0.2) is 5.06 Å². The Labute approximate surface area is 88.5 Å². The van der Waals surface area contributed by atoms with Crippen LogP contribution < -0.4 is 5.32 Å². The second kappa shape index (κ2) is 3.32. The van der Waals surface area contributed by atoms with Crippen LogP contribution in [0.15, 0.2) is 30.3 Å². The van der Waals surface area contributed by atoms with Crippen LogP contribution in [0.4, 0.5) is 0 Å². The molecule has 1 fully saturated rings. The van der Waals surface area contributed by atoms with Crippen molar-refractivity contribution in [1.82, 2.24) is 10.4 Å². The van der Waals surface area contributed by atoms with E-state index in [-0.39, 0.29) is 5.91 Å². The van der Waals surface area contributed by atoms with Gasteiger partial charge in [-0.05, 0) is 19.4 Å². The van der Waals surface area contributed by atoms with Gasteiger partial charge in [-0.3, -0.25) is 15.3 Å². The molecule has 1 heterocycles. The lowest BCUT2D eigenvalue weighted by molar-refractivity contribution is -0.177. The Balaban J connectivity index is 2.31. The Morgan fingerprint density at radius 3 is 2.40 bits per heavy atom. The minimum absolute atomic E-state index is 0.314. The summed E-state index contributed by atoms with van der Waals surface area (Å²) in [7, 11) is 0. The SMILES string of the molecule is CC1(C)NC(c2ccccc2)C(=O)N1O. The molecule has 1 aliphatic rings. The molecule has 0 radical (unpaired) electrons. The van der Waals surface area contributed by atoms with E-state index in [1.54, 1.807) is 13.8 Å². The number of hydrogen-bond acceptors (Lipinski definition) is 3. The molecule has 2 rings (SSSR count). The highest BCUT2D eigenvalue weighted by Crippen LogP contribution is 2.28. The second-order valence-corrected chi connectivity index (χ2v) is 4.20. The Morgan fingerprint density at radius 1 is 1.33 bits per heavy atom. The zero-order valence-electron chi connectivity index (χ0n) is 8.77. The molecule has 1 aromatic carbocycles. The van der Waals surface area contributed by atoms with E-state index in [9.17, 15) is 10.0 Å². The highest BCUT2D eigenvalue weighted by atomic mass is 16.5. The van der Waals surface area contributed by atoms with Crippen LogP contribution >= 0.6 is 0 Å². The molecule has 0 bridgehead atoms. The maximum atomic E-state index is 11.7. The molecule has 1 aromatic rings. The van der Waals surface area contributed by atoms with Crippen LogP contribution in [-0.4, -0.2) is 21.8 Å². The first-order valence-corrected chi connectivity index (χ1v) is 4.88. The third-order valence-corrected chi connectivity index (χ3v) is 2.62. The van der Waals surface area contributed by atoms with Crippen molar-refractivity contribution in [3.8, 4) is 0 Å². The molecule has 0 saturated carbocycles. The topological polar surface area (TPSA) is 52.6 Å². The van der Waals surface area contributed by atoms with Gasteiger partial charge in [-0.1, -0.05) is 30.3 Å². The number of carbonyl (C=O) groups excluding carboxylic acids is 1. The summed E-state index contributed by atoms with van der Waals surface area (Å²) >= 11 is 0. The summed E-state index contributed by atoms with van der Waals surface area (Å²) in [5, 5.41) is 13.4. The van der Waals surface area contributed by atoms with E-state index in [2.05, 4.69) is 5.32 Å². The summed E-state index contributed by atoms with van der Waals surface area (Å²) < 4.78 is 0. The van der Waals surface area contributed by atoms with Gasteiger partial charge in [-0.2, -0.15) is 0 Å². The van der Waals surface area contributed by atoms with Crippen LogP contribution in [0.25, 0.3) is 0 Å². The fraction of sp³-hybridized carbons (Fsp3) is 0.364. The number of nitrogens with one attached hydrogen (secondary N) is 1. The zero-order chi connectivity index (χ0) is 11.1. The summed E-state index contributed by atoms with van der Waals surface area (Å²) in [6.45, 7) is 3.52. The molecule has 1 saturated heterocycles.